The number of hydrogen-bond donors (Lipinski definition) is 1. The summed E-state index contributed by atoms with van der Waals surface area (Å²) in [5.74, 6) is -0.0145. The summed E-state index contributed by atoms with van der Waals surface area (Å²) in [4.78, 5) is 16.1. The Morgan fingerprint density at radius 1 is 1.33 bits per heavy atom. The smallest absolute Gasteiger partial charge is 0.248 e. The molecule has 1 aromatic rings. The maximum absolute atomic E-state index is 12.0. The third-order valence-electron chi connectivity index (χ3n) is 5.50. The Hall–Kier alpha value is -1.55. The van der Waals surface area contributed by atoms with Gasteiger partial charge in [0.15, 0.2) is 0 Å². The molecule has 21 heavy (non-hydrogen) atoms. The highest BCUT2D eigenvalue weighted by Gasteiger charge is 2.33. The van der Waals surface area contributed by atoms with Crippen molar-refractivity contribution < 1.29 is 4.79 Å². The number of piperidine rings is 1. The summed E-state index contributed by atoms with van der Waals surface area (Å²) >= 11 is 0. The zero-order valence-corrected chi connectivity index (χ0v) is 13.2. The van der Waals surface area contributed by atoms with Gasteiger partial charge in [-0.25, -0.2) is 0 Å². The zero-order chi connectivity index (χ0) is 15.2. The van der Waals surface area contributed by atoms with Gasteiger partial charge in [0.25, 0.3) is 0 Å². The van der Waals surface area contributed by atoms with Crippen molar-refractivity contribution in [2.24, 2.45) is 11.1 Å². The highest BCUT2D eigenvalue weighted by atomic mass is 16.2. The fraction of sp³-hybridized carbons (Fsp3) is 0.588. The van der Waals surface area contributed by atoms with Crippen LogP contribution >= 0.6 is 0 Å². The molecule has 2 aliphatic rings. The Bertz CT molecular complexity index is 561. The normalized spacial score (nSPS) is 24.4. The average molecular weight is 287 g/mol. The molecule has 4 heteroatoms. The van der Waals surface area contributed by atoms with Crippen LogP contribution in [0, 0.1) is 5.41 Å². The monoisotopic (exact) mass is 287 g/mol. The molecule has 1 unspecified atom stereocenters. The number of carbonyl (C=O) groups excluding carboxylic acids is 1. The molecule has 2 aliphatic heterocycles. The highest BCUT2D eigenvalue weighted by Crippen LogP contribution is 2.39. The lowest BCUT2D eigenvalue weighted by atomic mass is 9.78. The average Bonchev–Trinajstić information content (AvgIpc) is 2.72. The van der Waals surface area contributed by atoms with Crippen LogP contribution in [0.4, 0.5) is 11.4 Å². The Kier molecular flexibility index (Phi) is 3.44. The molecule has 1 amide bonds. The number of likely N-dealkylation sites (N-methyl/N-ethyl adjacent to an activating group) is 1. The summed E-state index contributed by atoms with van der Waals surface area (Å²) in [6.07, 6.45) is 3.71. The molecule has 0 radical (unpaired) electrons. The standard InChI is InChI=1S/C17H25N3O/c1-4-17(2)7-9-20(10-8-17)12-5-6-13-14(11-12)19(3)16(21)15(13)18/h5-6,11,15H,4,7-10,18H2,1-3H3. The number of fused-ring (bicyclic) bond motifs is 1. The second kappa shape index (κ2) is 5.02. The van der Waals surface area contributed by atoms with Gasteiger partial charge in [-0.05, 0) is 30.4 Å². The van der Waals surface area contributed by atoms with Gasteiger partial charge in [0.2, 0.25) is 5.91 Å². The minimum atomic E-state index is -0.496. The van der Waals surface area contributed by atoms with Gasteiger partial charge >= 0.3 is 0 Å². The number of rotatable bonds is 2. The minimum Gasteiger partial charge on any atom is -0.371 e. The molecule has 0 bridgehead atoms. The number of anilines is 2. The molecule has 4 nitrogen and oxygen atoms in total. The first kappa shape index (κ1) is 14.4. The molecule has 0 aromatic heterocycles. The number of hydrogen-bond acceptors (Lipinski definition) is 3. The molecule has 0 saturated carbocycles. The van der Waals surface area contributed by atoms with E-state index in [2.05, 4.69) is 30.9 Å². The fourth-order valence-electron chi connectivity index (χ4n) is 3.40. The predicted molar refractivity (Wildman–Crippen MR) is 86.6 cm³/mol. The topological polar surface area (TPSA) is 49.6 Å². The Morgan fingerprint density at radius 2 is 2.00 bits per heavy atom. The van der Waals surface area contributed by atoms with E-state index in [1.807, 2.05) is 13.1 Å². The van der Waals surface area contributed by atoms with E-state index in [9.17, 15) is 4.79 Å². The van der Waals surface area contributed by atoms with Crippen LogP contribution in [0.25, 0.3) is 0 Å². The van der Waals surface area contributed by atoms with Crippen LogP contribution in [0.5, 0.6) is 0 Å². The molecule has 0 aliphatic carbocycles. The lowest BCUT2D eigenvalue weighted by Gasteiger charge is -2.40. The number of amides is 1. The zero-order valence-electron chi connectivity index (χ0n) is 13.2. The van der Waals surface area contributed by atoms with Crippen LogP contribution in [0.15, 0.2) is 18.2 Å². The second-order valence-corrected chi connectivity index (χ2v) is 6.77. The van der Waals surface area contributed by atoms with Crippen LogP contribution in [0.3, 0.4) is 0 Å². The van der Waals surface area contributed by atoms with Gasteiger partial charge in [-0.3, -0.25) is 4.79 Å². The quantitative estimate of drug-likeness (QED) is 0.910. The highest BCUT2D eigenvalue weighted by molar-refractivity contribution is 6.04. The van der Waals surface area contributed by atoms with Crippen LogP contribution in [0.2, 0.25) is 0 Å². The van der Waals surface area contributed by atoms with Gasteiger partial charge in [-0.2, -0.15) is 0 Å². The Balaban J connectivity index is 1.82. The predicted octanol–water partition coefficient (Wildman–Crippen LogP) is 2.68. The summed E-state index contributed by atoms with van der Waals surface area (Å²) in [7, 11) is 1.81. The van der Waals surface area contributed by atoms with Crippen LogP contribution in [-0.2, 0) is 4.79 Å². The first-order chi connectivity index (χ1) is 9.95. The van der Waals surface area contributed by atoms with E-state index in [4.69, 9.17) is 5.73 Å². The molecule has 3 rings (SSSR count). The first-order valence-electron chi connectivity index (χ1n) is 7.87. The lowest BCUT2D eigenvalue weighted by molar-refractivity contribution is -0.118. The Morgan fingerprint density at radius 3 is 2.62 bits per heavy atom. The summed E-state index contributed by atoms with van der Waals surface area (Å²) in [6, 6.07) is 5.75. The van der Waals surface area contributed by atoms with Crippen molar-refractivity contribution in [2.45, 2.75) is 39.2 Å². The van der Waals surface area contributed by atoms with Crippen molar-refractivity contribution in [3.8, 4) is 0 Å². The maximum Gasteiger partial charge on any atom is 0.248 e. The molecule has 1 fully saturated rings. The molecule has 0 spiro atoms. The largest absolute Gasteiger partial charge is 0.371 e. The molecule has 2 heterocycles. The molecular formula is C17H25N3O. The Labute approximate surface area is 126 Å². The van der Waals surface area contributed by atoms with Gasteiger partial charge in [-0.15, -0.1) is 0 Å². The molecule has 1 saturated heterocycles. The fourth-order valence-corrected chi connectivity index (χ4v) is 3.40. The van der Waals surface area contributed by atoms with Crippen molar-refractivity contribution in [1.82, 2.24) is 0 Å². The van der Waals surface area contributed by atoms with Gasteiger partial charge in [0, 0.05) is 31.4 Å². The summed E-state index contributed by atoms with van der Waals surface area (Å²) in [5, 5.41) is 0. The van der Waals surface area contributed by atoms with E-state index >= 15 is 0 Å². The van der Waals surface area contributed by atoms with Crippen molar-refractivity contribution in [3.05, 3.63) is 23.8 Å². The van der Waals surface area contributed by atoms with Gasteiger partial charge in [0.05, 0.1) is 5.69 Å². The minimum absolute atomic E-state index is 0.0145. The second-order valence-electron chi connectivity index (χ2n) is 6.77. The molecule has 1 aromatic carbocycles. The van der Waals surface area contributed by atoms with E-state index in [1.54, 1.807) is 4.90 Å². The van der Waals surface area contributed by atoms with E-state index < -0.39 is 6.04 Å². The van der Waals surface area contributed by atoms with Crippen molar-refractivity contribution in [3.63, 3.8) is 0 Å². The molecule has 2 N–H and O–H groups in total. The number of benzene rings is 1. The van der Waals surface area contributed by atoms with E-state index in [0.29, 0.717) is 5.41 Å². The number of carbonyl (C=O) groups is 1. The number of nitrogens with two attached hydrogens (primary N) is 1. The molecule has 1 atom stereocenters. The van der Waals surface area contributed by atoms with E-state index in [0.717, 1.165) is 24.3 Å². The summed E-state index contributed by atoms with van der Waals surface area (Å²) < 4.78 is 0. The maximum atomic E-state index is 12.0. The molecular weight excluding hydrogens is 262 g/mol. The van der Waals surface area contributed by atoms with Crippen LogP contribution < -0.4 is 15.5 Å². The molecule has 114 valence electrons. The summed E-state index contributed by atoms with van der Waals surface area (Å²) in [5.41, 5.74) is 9.57. The van der Waals surface area contributed by atoms with Gasteiger partial charge in [0.1, 0.15) is 6.04 Å². The first-order valence-corrected chi connectivity index (χ1v) is 7.87. The lowest BCUT2D eigenvalue weighted by Crippen LogP contribution is -2.38. The van der Waals surface area contributed by atoms with Crippen LogP contribution in [0.1, 0.15) is 44.7 Å². The number of nitrogens with zero attached hydrogens (tertiary/aromatic N) is 2. The SMILES string of the molecule is CCC1(C)CCN(c2ccc3c(c2)N(C)C(=O)C3N)CC1. The van der Waals surface area contributed by atoms with Crippen molar-refractivity contribution >= 4 is 17.3 Å². The third kappa shape index (κ3) is 2.31. The van der Waals surface area contributed by atoms with Gasteiger partial charge in [-0.1, -0.05) is 26.3 Å². The van der Waals surface area contributed by atoms with E-state index in [-0.39, 0.29) is 5.91 Å². The van der Waals surface area contributed by atoms with Gasteiger partial charge < -0.3 is 15.5 Å². The van der Waals surface area contributed by atoms with Crippen molar-refractivity contribution in [1.29, 1.82) is 0 Å². The van der Waals surface area contributed by atoms with Crippen LogP contribution in [-0.4, -0.2) is 26.0 Å². The van der Waals surface area contributed by atoms with Crippen molar-refractivity contribution in [2.75, 3.05) is 29.9 Å². The third-order valence-corrected chi connectivity index (χ3v) is 5.50. The van der Waals surface area contributed by atoms with E-state index in [1.165, 1.54) is 24.9 Å². The summed E-state index contributed by atoms with van der Waals surface area (Å²) in [6.45, 7) is 6.85.